The number of nitrogens with zero attached hydrogens (tertiary/aromatic N) is 5. The van der Waals surface area contributed by atoms with Gasteiger partial charge < -0.3 is 19.0 Å². The molecule has 3 heterocycles. The first kappa shape index (κ1) is 23.0. The zero-order chi connectivity index (χ0) is 24.7. The minimum Gasteiger partial charge on any atom is -0.495 e. The minimum absolute atomic E-state index is 0.266. The van der Waals surface area contributed by atoms with E-state index in [2.05, 4.69) is 15.2 Å². The maximum absolute atomic E-state index is 14.1. The van der Waals surface area contributed by atoms with Crippen molar-refractivity contribution in [1.82, 2.24) is 24.3 Å². The predicted molar refractivity (Wildman–Crippen MR) is 132 cm³/mol. The van der Waals surface area contributed by atoms with E-state index in [9.17, 15) is 9.50 Å². The second kappa shape index (κ2) is 9.13. The van der Waals surface area contributed by atoms with Crippen LogP contribution in [0.25, 0.3) is 28.3 Å². The van der Waals surface area contributed by atoms with E-state index in [0.29, 0.717) is 33.4 Å². The largest absolute Gasteiger partial charge is 0.495 e. The molecule has 0 amide bonds. The monoisotopic (exact) mass is 491 g/mol. The van der Waals surface area contributed by atoms with Crippen molar-refractivity contribution in [3.8, 4) is 34.1 Å². The summed E-state index contributed by atoms with van der Waals surface area (Å²) in [6.07, 6.45) is 5.33. The summed E-state index contributed by atoms with van der Waals surface area (Å²) in [5, 5.41) is 19.5. The Morgan fingerprint density at radius 2 is 1.91 bits per heavy atom. The first-order valence-electron chi connectivity index (χ1n) is 11.0. The molecule has 0 unspecified atom stereocenters. The van der Waals surface area contributed by atoms with Gasteiger partial charge in [-0.3, -0.25) is 0 Å². The van der Waals surface area contributed by atoms with Crippen LogP contribution < -0.4 is 4.74 Å². The van der Waals surface area contributed by atoms with Crippen LogP contribution in [0.5, 0.6) is 5.75 Å². The predicted octanol–water partition coefficient (Wildman–Crippen LogP) is 5.24. The number of benzene rings is 2. The van der Waals surface area contributed by atoms with E-state index >= 15 is 0 Å². The zero-order valence-electron chi connectivity index (χ0n) is 19.4. The van der Waals surface area contributed by atoms with E-state index in [4.69, 9.17) is 16.3 Å². The molecule has 9 heteroatoms. The van der Waals surface area contributed by atoms with Crippen LogP contribution >= 0.6 is 11.6 Å². The number of ether oxygens (including phenoxy) is 1. The molecule has 178 valence electrons. The minimum atomic E-state index is -0.587. The van der Waals surface area contributed by atoms with E-state index in [1.54, 1.807) is 30.3 Å². The lowest BCUT2D eigenvalue weighted by atomic mass is 10.0. The molecule has 35 heavy (non-hydrogen) atoms. The molecule has 0 aliphatic carbocycles. The van der Waals surface area contributed by atoms with Gasteiger partial charge in [0.15, 0.2) is 5.82 Å². The van der Waals surface area contributed by atoms with Crippen LogP contribution in [0.1, 0.15) is 22.9 Å². The molecule has 2 aromatic carbocycles. The summed E-state index contributed by atoms with van der Waals surface area (Å²) in [6.45, 7) is 3.46. The number of hydrogen-bond donors (Lipinski definition) is 1. The highest BCUT2D eigenvalue weighted by Gasteiger charge is 2.25. The molecule has 1 aromatic heterocycles. The summed E-state index contributed by atoms with van der Waals surface area (Å²) >= 11 is 6.49. The highest BCUT2D eigenvalue weighted by molar-refractivity contribution is 6.30. The third-order valence-electron chi connectivity index (χ3n) is 5.93. The van der Waals surface area contributed by atoms with Crippen LogP contribution in [0, 0.1) is 19.7 Å². The van der Waals surface area contributed by atoms with Gasteiger partial charge in [-0.2, -0.15) is 0 Å². The molecule has 2 aliphatic rings. The third-order valence-corrected chi connectivity index (χ3v) is 6.14. The molecule has 0 bridgehead atoms. The molecule has 1 N–H and O–H groups in total. The van der Waals surface area contributed by atoms with Crippen molar-refractivity contribution < 1.29 is 14.2 Å². The van der Waals surface area contributed by atoms with Crippen molar-refractivity contribution in [2.24, 2.45) is 0 Å². The number of aryl methyl sites for hydroxylation is 2. The molecule has 0 saturated heterocycles. The van der Waals surface area contributed by atoms with Gasteiger partial charge in [-0.1, -0.05) is 23.7 Å². The second-order valence-electron chi connectivity index (χ2n) is 8.42. The SMILES string of the molecule is COc1cc(-c2nnc3n([C@H](CO)c4cc(C)cc(F)c4)cc(Cl)cc2-3)ccc1-n1cnc(C)c1. The van der Waals surface area contributed by atoms with Gasteiger partial charge in [0, 0.05) is 23.5 Å². The number of imidazole rings is 1. The molecule has 0 fully saturated rings. The lowest BCUT2D eigenvalue weighted by molar-refractivity contribution is 0.249. The van der Waals surface area contributed by atoms with Crippen molar-refractivity contribution in [2.45, 2.75) is 19.9 Å². The quantitative estimate of drug-likeness (QED) is 0.351. The van der Waals surface area contributed by atoms with Crippen LogP contribution in [0.2, 0.25) is 5.02 Å². The summed E-state index contributed by atoms with van der Waals surface area (Å²) < 4.78 is 23.4. The highest BCUT2D eigenvalue weighted by atomic mass is 35.5. The number of hydrogen-bond acceptors (Lipinski definition) is 5. The van der Waals surface area contributed by atoms with Crippen LogP contribution in [0.15, 0.2) is 61.2 Å². The summed E-state index contributed by atoms with van der Waals surface area (Å²) in [7, 11) is 1.61. The summed E-state index contributed by atoms with van der Waals surface area (Å²) in [5.41, 5.74) is 5.23. The van der Waals surface area contributed by atoms with Crippen LogP contribution in [-0.4, -0.2) is 43.1 Å². The summed E-state index contributed by atoms with van der Waals surface area (Å²) in [5.74, 6) is 0.805. The van der Waals surface area contributed by atoms with E-state index in [0.717, 1.165) is 22.5 Å². The van der Waals surface area contributed by atoms with E-state index in [1.807, 2.05) is 48.9 Å². The number of fused-ring (bicyclic) bond motifs is 1. The average molecular weight is 492 g/mol. The third kappa shape index (κ3) is 4.26. The molecule has 3 aromatic rings. The smallest absolute Gasteiger partial charge is 0.165 e. The Morgan fingerprint density at radius 1 is 1.09 bits per heavy atom. The molecule has 0 saturated carbocycles. The van der Waals surface area contributed by atoms with Crippen molar-refractivity contribution in [3.63, 3.8) is 0 Å². The van der Waals surface area contributed by atoms with Crippen molar-refractivity contribution in [2.75, 3.05) is 13.7 Å². The Bertz CT molecular complexity index is 1470. The van der Waals surface area contributed by atoms with Crippen LogP contribution in [0.4, 0.5) is 4.39 Å². The number of methoxy groups -OCH3 is 1. The topological polar surface area (TPSA) is 78.0 Å². The highest BCUT2D eigenvalue weighted by Crippen LogP contribution is 2.38. The lowest BCUT2D eigenvalue weighted by Crippen LogP contribution is -2.18. The van der Waals surface area contributed by atoms with Gasteiger partial charge in [0.25, 0.3) is 0 Å². The maximum Gasteiger partial charge on any atom is 0.165 e. The average Bonchev–Trinajstić information content (AvgIpc) is 3.44. The first-order valence-corrected chi connectivity index (χ1v) is 11.4. The molecule has 1 atom stereocenters. The van der Waals surface area contributed by atoms with Crippen molar-refractivity contribution in [3.05, 3.63) is 88.8 Å². The van der Waals surface area contributed by atoms with Gasteiger partial charge in [-0.25, -0.2) is 9.37 Å². The van der Waals surface area contributed by atoms with Gasteiger partial charge in [0.2, 0.25) is 0 Å². The number of pyridine rings is 1. The van der Waals surface area contributed by atoms with E-state index < -0.39 is 6.04 Å². The molecular formula is C26H23ClFN5O2. The van der Waals surface area contributed by atoms with Crippen molar-refractivity contribution >= 4 is 11.6 Å². The summed E-state index contributed by atoms with van der Waals surface area (Å²) in [4.78, 5) is 4.29. The molecule has 7 nitrogen and oxygen atoms in total. The standard InChI is InChI=1S/C26H23ClFN5O2/c1-15-6-18(8-20(28)7-15)23(13-34)33-12-19(27)10-21-25(30-31-26(21)33)17-4-5-22(24(9-17)35-3)32-11-16(2)29-14-32/h4-12,14,23,34H,13H2,1-3H3/t23-/m1/s1. The number of halogens is 2. The van der Waals surface area contributed by atoms with Crippen molar-refractivity contribution in [1.29, 1.82) is 0 Å². The Kier molecular flexibility index (Phi) is 6.00. The number of aliphatic hydroxyl groups excluding tert-OH is 1. The maximum atomic E-state index is 14.1. The number of aromatic nitrogens is 5. The van der Waals surface area contributed by atoms with E-state index in [-0.39, 0.29) is 12.4 Å². The molecule has 5 rings (SSSR count). The van der Waals surface area contributed by atoms with Gasteiger partial charge in [0.05, 0.1) is 42.5 Å². The van der Waals surface area contributed by atoms with Crippen LogP contribution in [0.3, 0.4) is 0 Å². The number of aliphatic hydroxyl groups is 1. The molecule has 2 aliphatic heterocycles. The summed E-state index contributed by atoms with van der Waals surface area (Å²) in [6, 6.07) is 11.6. The Labute approximate surface area is 206 Å². The Balaban J connectivity index is 1.59. The Morgan fingerprint density at radius 3 is 2.60 bits per heavy atom. The van der Waals surface area contributed by atoms with Gasteiger partial charge >= 0.3 is 0 Å². The fraction of sp³-hybridized carbons (Fsp3) is 0.192. The zero-order valence-corrected chi connectivity index (χ0v) is 20.2. The normalized spacial score (nSPS) is 12.3. The van der Waals surface area contributed by atoms with Gasteiger partial charge in [-0.15, -0.1) is 10.2 Å². The lowest BCUT2D eigenvalue weighted by Gasteiger charge is -2.22. The Hall–Kier alpha value is -3.75. The molecule has 0 spiro atoms. The molecular weight excluding hydrogens is 469 g/mol. The molecule has 0 radical (unpaired) electrons. The fourth-order valence-electron chi connectivity index (χ4n) is 4.36. The fourth-order valence-corrected chi connectivity index (χ4v) is 4.57. The van der Waals surface area contributed by atoms with Crippen LogP contribution in [-0.2, 0) is 0 Å². The first-order chi connectivity index (χ1) is 16.9. The number of rotatable bonds is 6. The van der Waals surface area contributed by atoms with E-state index in [1.165, 1.54) is 12.1 Å². The van der Waals surface area contributed by atoms with Gasteiger partial charge in [-0.05, 0) is 55.3 Å². The second-order valence-corrected chi connectivity index (χ2v) is 8.86. The van der Waals surface area contributed by atoms with Gasteiger partial charge in [0.1, 0.15) is 17.3 Å².